The van der Waals surface area contributed by atoms with Gasteiger partial charge in [-0.3, -0.25) is 0 Å². The van der Waals surface area contributed by atoms with Crippen LogP contribution in [0.15, 0.2) is 140 Å². The minimum atomic E-state index is -3.43. The zero-order chi connectivity index (χ0) is 41.7. The Morgan fingerprint density at radius 3 is 1.58 bits per heavy atom. The maximum atomic E-state index is 13.5. The van der Waals surface area contributed by atoms with Gasteiger partial charge >= 0.3 is 6.16 Å². The van der Waals surface area contributed by atoms with Crippen molar-refractivity contribution in [1.82, 2.24) is 0 Å². The van der Waals surface area contributed by atoms with Crippen molar-refractivity contribution in [1.29, 1.82) is 0 Å². The molecule has 5 aromatic rings. The lowest BCUT2D eigenvalue weighted by Crippen LogP contribution is -2.62. The molecule has 1 heterocycles. The van der Waals surface area contributed by atoms with Crippen molar-refractivity contribution in [3.05, 3.63) is 167 Å². The number of ether oxygens (including phenoxy) is 9. The second-order valence-corrected chi connectivity index (χ2v) is 16.2. The van der Waals surface area contributed by atoms with Gasteiger partial charge in [0.05, 0.1) is 39.8 Å². The van der Waals surface area contributed by atoms with Crippen LogP contribution in [0.5, 0.6) is 11.5 Å². The average molecular weight is 827 g/mol. The van der Waals surface area contributed by atoms with Crippen molar-refractivity contribution in [2.24, 2.45) is 0 Å². The molecular formula is C46H50O12S. The number of rotatable bonds is 19. The summed E-state index contributed by atoms with van der Waals surface area (Å²) in [6, 6.07) is 44.0. The molecule has 1 saturated heterocycles. The van der Waals surface area contributed by atoms with Gasteiger partial charge in [0.2, 0.25) is 0 Å². The summed E-state index contributed by atoms with van der Waals surface area (Å²) < 4.78 is 79.2. The van der Waals surface area contributed by atoms with Crippen LogP contribution in [0.3, 0.4) is 0 Å². The van der Waals surface area contributed by atoms with Crippen molar-refractivity contribution in [2.75, 3.05) is 46.6 Å². The van der Waals surface area contributed by atoms with E-state index < -0.39 is 58.9 Å². The zero-order valence-corrected chi connectivity index (χ0v) is 34.3. The minimum Gasteiger partial charge on any atom is -0.497 e. The molecule has 1 fully saturated rings. The van der Waals surface area contributed by atoms with Crippen LogP contribution in [0.2, 0.25) is 0 Å². The fourth-order valence-corrected chi connectivity index (χ4v) is 7.33. The SMILES string of the molecule is COc1ccc(C(OC[C@H]2O[C@H](OC)[C@H](OCc3ccccc3)[C@@H](OCc3ccccc3)[C@@H]2OC(=O)OCCS(C)(=O)=O)(c2ccccc2)c2ccc(OC)cc2)cc1. The Hall–Kier alpha value is -5.28. The molecule has 0 unspecified atom stereocenters. The number of benzene rings is 5. The molecule has 5 aromatic carbocycles. The van der Waals surface area contributed by atoms with Crippen LogP contribution in [-0.4, -0.2) is 91.8 Å². The summed E-state index contributed by atoms with van der Waals surface area (Å²) in [5.74, 6) is 0.931. The summed E-state index contributed by atoms with van der Waals surface area (Å²) in [6.07, 6.45) is -5.24. The molecule has 0 radical (unpaired) electrons. The Morgan fingerprint density at radius 2 is 1.10 bits per heavy atom. The monoisotopic (exact) mass is 826 g/mol. The smallest absolute Gasteiger partial charge is 0.497 e. The average Bonchev–Trinajstić information content (AvgIpc) is 3.26. The second-order valence-electron chi connectivity index (χ2n) is 13.9. The number of hydrogen-bond acceptors (Lipinski definition) is 12. The highest BCUT2D eigenvalue weighted by Crippen LogP contribution is 2.43. The van der Waals surface area contributed by atoms with Crippen molar-refractivity contribution < 1.29 is 55.8 Å². The first-order chi connectivity index (χ1) is 28.6. The largest absolute Gasteiger partial charge is 0.508 e. The highest BCUT2D eigenvalue weighted by Gasteiger charge is 2.51. The van der Waals surface area contributed by atoms with E-state index >= 15 is 0 Å². The minimum absolute atomic E-state index is 0.120. The highest BCUT2D eigenvalue weighted by atomic mass is 32.2. The summed E-state index contributed by atoms with van der Waals surface area (Å²) in [4.78, 5) is 13.5. The predicted molar refractivity (Wildman–Crippen MR) is 220 cm³/mol. The standard InChI is InChI=1S/C46H50O12S/c1-50-38-24-20-36(21-25-38)46(35-18-12-7-13-19-35,37-22-26-39(51-2)27-23-37)56-32-40-41(58-45(47)53-28-29-59(4,48)49)42(54-30-33-14-8-5-9-15-33)43(44(52-3)57-40)55-31-34-16-10-6-11-17-34/h5-27,40-44H,28-32H2,1-4H3/t40-,41-,42+,43-,44+/m1/s1. The van der Waals surface area contributed by atoms with Crippen LogP contribution in [-0.2, 0) is 61.8 Å². The van der Waals surface area contributed by atoms with Gasteiger partial charge in [-0.25, -0.2) is 13.2 Å². The lowest BCUT2D eigenvalue weighted by atomic mass is 9.80. The molecule has 312 valence electrons. The Morgan fingerprint density at radius 1 is 0.627 bits per heavy atom. The number of hydrogen-bond donors (Lipinski definition) is 0. The van der Waals surface area contributed by atoms with Crippen LogP contribution in [0, 0.1) is 0 Å². The van der Waals surface area contributed by atoms with E-state index in [2.05, 4.69) is 0 Å². The number of carbonyl (C=O) groups is 1. The first-order valence-electron chi connectivity index (χ1n) is 19.1. The van der Waals surface area contributed by atoms with Crippen LogP contribution < -0.4 is 9.47 Å². The normalized spacial score (nSPS) is 19.4. The molecule has 0 N–H and O–H groups in total. The summed E-state index contributed by atoms with van der Waals surface area (Å²) in [6.45, 7) is -0.304. The third kappa shape index (κ3) is 11.3. The van der Waals surface area contributed by atoms with E-state index in [1.54, 1.807) is 14.2 Å². The number of carbonyl (C=O) groups excluding carboxylic acids is 1. The van der Waals surface area contributed by atoms with Gasteiger partial charge in [0.25, 0.3) is 0 Å². The summed E-state index contributed by atoms with van der Waals surface area (Å²) in [5, 5.41) is 0. The quantitative estimate of drug-likeness (QED) is 0.0620. The fourth-order valence-electron chi connectivity index (χ4n) is 6.95. The summed E-state index contributed by atoms with van der Waals surface area (Å²) in [7, 11) is 1.27. The lowest BCUT2D eigenvalue weighted by Gasteiger charge is -2.46. The first kappa shape index (κ1) is 43.3. The van der Waals surface area contributed by atoms with Gasteiger partial charge in [0.15, 0.2) is 22.2 Å². The Labute approximate surface area is 345 Å². The molecule has 0 spiro atoms. The van der Waals surface area contributed by atoms with Gasteiger partial charge in [0, 0.05) is 13.4 Å². The molecule has 13 heteroatoms. The maximum Gasteiger partial charge on any atom is 0.508 e. The van der Waals surface area contributed by atoms with Crippen molar-refractivity contribution in [3.63, 3.8) is 0 Å². The number of sulfone groups is 1. The van der Waals surface area contributed by atoms with E-state index in [1.165, 1.54) is 7.11 Å². The van der Waals surface area contributed by atoms with Crippen molar-refractivity contribution in [2.45, 2.75) is 49.5 Å². The Bertz CT molecular complexity index is 2090. The third-order valence-corrected chi connectivity index (χ3v) is 10.8. The maximum absolute atomic E-state index is 13.5. The molecule has 59 heavy (non-hydrogen) atoms. The van der Waals surface area contributed by atoms with Gasteiger partial charge in [-0.05, 0) is 52.1 Å². The molecule has 0 aliphatic carbocycles. The molecule has 6 rings (SSSR count). The van der Waals surface area contributed by atoms with Gasteiger partial charge in [0.1, 0.15) is 42.0 Å². The molecule has 0 bridgehead atoms. The molecule has 0 amide bonds. The molecular weight excluding hydrogens is 777 g/mol. The van der Waals surface area contributed by atoms with Crippen LogP contribution in [0.4, 0.5) is 4.79 Å². The topological polar surface area (TPSA) is 134 Å². The van der Waals surface area contributed by atoms with E-state index in [0.29, 0.717) is 11.5 Å². The molecule has 1 aliphatic heterocycles. The molecule has 0 aromatic heterocycles. The molecule has 12 nitrogen and oxygen atoms in total. The van der Waals surface area contributed by atoms with Crippen LogP contribution in [0.25, 0.3) is 0 Å². The fraction of sp³-hybridized carbons (Fsp3) is 0.326. The van der Waals surface area contributed by atoms with Crippen LogP contribution in [0.1, 0.15) is 27.8 Å². The van der Waals surface area contributed by atoms with Gasteiger partial charge < -0.3 is 42.6 Å². The summed E-state index contributed by atoms with van der Waals surface area (Å²) >= 11 is 0. The van der Waals surface area contributed by atoms with Crippen LogP contribution >= 0.6 is 0 Å². The Kier molecular flexibility index (Phi) is 15.1. The highest BCUT2D eigenvalue weighted by molar-refractivity contribution is 7.90. The van der Waals surface area contributed by atoms with Gasteiger partial charge in [-0.2, -0.15) is 0 Å². The molecule has 1 aliphatic rings. The summed E-state index contributed by atoms with van der Waals surface area (Å²) in [5.41, 5.74) is 2.83. The van der Waals surface area contributed by atoms with E-state index in [1.807, 2.05) is 140 Å². The van der Waals surface area contributed by atoms with E-state index in [0.717, 1.165) is 34.1 Å². The van der Waals surface area contributed by atoms with E-state index in [-0.39, 0.29) is 25.6 Å². The van der Waals surface area contributed by atoms with Gasteiger partial charge in [-0.15, -0.1) is 0 Å². The lowest BCUT2D eigenvalue weighted by molar-refractivity contribution is -0.318. The zero-order valence-electron chi connectivity index (χ0n) is 33.5. The van der Waals surface area contributed by atoms with E-state index in [4.69, 9.17) is 42.6 Å². The first-order valence-corrected chi connectivity index (χ1v) is 21.2. The second kappa shape index (κ2) is 20.6. The molecule has 0 saturated carbocycles. The Balaban J connectivity index is 1.42. The number of methoxy groups -OCH3 is 3. The third-order valence-electron chi connectivity index (χ3n) is 9.94. The molecule has 5 atom stereocenters. The van der Waals surface area contributed by atoms with E-state index in [9.17, 15) is 13.2 Å². The van der Waals surface area contributed by atoms with Crippen molar-refractivity contribution >= 4 is 16.0 Å². The van der Waals surface area contributed by atoms with Gasteiger partial charge in [-0.1, -0.05) is 115 Å². The predicted octanol–water partition coefficient (Wildman–Crippen LogP) is 7.12. The van der Waals surface area contributed by atoms with Crippen molar-refractivity contribution in [3.8, 4) is 11.5 Å².